The summed E-state index contributed by atoms with van der Waals surface area (Å²) in [6.45, 7) is 3.82. The Hall–Kier alpha value is -3.47. The maximum atomic E-state index is 13.5. The number of pyridine rings is 1. The summed E-state index contributed by atoms with van der Waals surface area (Å²) in [6.07, 6.45) is 1.56. The zero-order valence-corrected chi connectivity index (χ0v) is 22.7. The Morgan fingerprint density at radius 3 is 2.24 bits per heavy atom. The van der Waals surface area contributed by atoms with Crippen LogP contribution in [0, 0.1) is 5.92 Å². The molecule has 1 amide bonds. The number of carbonyl (C=O) groups is 1. The Labute approximate surface area is 224 Å². The summed E-state index contributed by atoms with van der Waals surface area (Å²) in [5.41, 5.74) is 1.64. The van der Waals surface area contributed by atoms with Crippen molar-refractivity contribution in [3.8, 4) is 5.75 Å². The van der Waals surface area contributed by atoms with Crippen LogP contribution in [0.1, 0.15) is 25.0 Å². The van der Waals surface area contributed by atoms with Gasteiger partial charge >= 0.3 is 6.09 Å². The first-order chi connectivity index (χ1) is 18.2. The summed E-state index contributed by atoms with van der Waals surface area (Å²) < 4.78 is 38.8. The minimum absolute atomic E-state index is 0.00100. The molecule has 0 aliphatic rings. The molecule has 0 aliphatic carbocycles. The number of methoxy groups -OCH3 is 1. The highest BCUT2D eigenvalue weighted by atomic mass is 32.2. The predicted octanol–water partition coefficient (Wildman–Crippen LogP) is 3.64. The molecule has 0 radical (unpaired) electrons. The molecular weight excluding hydrogens is 506 g/mol. The first kappa shape index (κ1) is 29.1. The SMILES string of the molecule is COc1ccc(S(=O)(=O)N(CC(C)C)CC(O)[C@H](Cc2ccccc2)NC(=O)OCc2ccncc2)cc1. The molecule has 9 nitrogen and oxygen atoms in total. The van der Waals surface area contributed by atoms with Gasteiger partial charge in [0, 0.05) is 25.5 Å². The number of rotatable bonds is 13. The summed E-state index contributed by atoms with van der Waals surface area (Å²) in [7, 11) is -2.42. The van der Waals surface area contributed by atoms with Gasteiger partial charge in [0.15, 0.2) is 0 Å². The number of aromatic nitrogens is 1. The minimum atomic E-state index is -3.93. The second-order valence-corrected chi connectivity index (χ2v) is 11.3. The first-order valence-electron chi connectivity index (χ1n) is 12.4. The fraction of sp³-hybridized carbons (Fsp3) is 0.357. The summed E-state index contributed by atoms with van der Waals surface area (Å²) in [5, 5.41) is 14.0. The molecule has 1 unspecified atom stereocenters. The van der Waals surface area contributed by atoms with Gasteiger partial charge in [0.25, 0.3) is 0 Å². The molecule has 204 valence electrons. The number of nitrogens with zero attached hydrogens (tertiary/aromatic N) is 2. The molecule has 2 aromatic carbocycles. The second-order valence-electron chi connectivity index (χ2n) is 9.33. The average molecular weight is 542 g/mol. The number of alkyl carbamates (subject to hydrolysis) is 1. The van der Waals surface area contributed by atoms with E-state index in [1.54, 1.807) is 36.7 Å². The van der Waals surface area contributed by atoms with Gasteiger partial charge < -0.3 is 19.9 Å². The van der Waals surface area contributed by atoms with E-state index in [2.05, 4.69) is 10.3 Å². The first-order valence-corrected chi connectivity index (χ1v) is 13.8. The van der Waals surface area contributed by atoms with Crippen molar-refractivity contribution >= 4 is 16.1 Å². The largest absolute Gasteiger partial charge is 0.497 e. The van der Waals surface area contributed by atoms with E-state index in [0.717, 1.165) is 11.1 Å². The number of carbonyl (C=O) groups excluding carboxylic acids is 1. The van der Waals surface area contributed by atoms with Gasteiger partial charge in [-0.25, -0.2) is 13.2 Å². The Morgan fingerprint density at radius 2 is 1.63 bits per heavy atom. The molecule has 0 spiro atoms. The monoisotopic (exact) mass is 541 g/mol. The molecule has 0 fully saturated rings. The van der Waals surface area contributed by atoms with Crippen molar-refractivity contribution in [3.05, 3.63) is 90.3 Å². The normalized spacial score (nSPS) is 13.2. The molecule has 10 heteroatoms. The summed E-state index contributed by atoms with van der Waals surface area (Å²) in [6, 6.07) is 18.1. The smallest absolute Gasteiger partial charge is 0.407 e. The third-order valence-electron chi connectivity index (χ3n) is 5.84. The van der Waals surface area contributed by atoms with E-state index >= 15 is 0 Å². The number of sulfonamides is 1. The standard InChI is InChI=1S/C28H35N3O6S/c1-21(2)18-31(38(34,35)25-11-9-24(36-3)10-12-25)19-27(32)26(17-22-7-5-4-6-8-22)30-28(33)37-20-23-13-15-29-16-14-23/h4-16,21,26-27,32H,17-20H2,1-3H3,(H,30,33)/t26-,27?/m0/s1. The minimum Gasteiger partial charge on any atom is -0.497 e. The van der Waals surface area contributed by atoms with Gasteiger partial charge in [-0.3, -0.25) is 4.98 Å². The van der Waals surface area contributed by atoms with Crippen LogP contribution in [0.25, 0.3) is 0 Å². The van der Waals surface area contributed by atoms with Gasteiger partial charge in [-0.15, -0.1) is 0 Å². The third-order valence-corrected chi connectivity index (χ3v) is 7.69. The van der Waals surface area contributed by atoms with Gasteiger partial charge in [-0.1, -0.05) is 44.2 Å². The van der Waals surface area contributed by atoms with Gasteiger partial charge in [0.1, 0.15) is 12.4 Å². The molecule has 0 saturated heterocycles. The van der Waals surface area contributed by atoms with Crippen LogP contribution in [-0.4, -0.2) is 61.3 Å². The highest BCUT2D eigenvalue weighted by molar-refractivity contribution is 7.89. The molecule has 3 aromatic rings. The molecule has 1 heterocycles. The maximum absolute atomic E-state index is 13.5. The highest BCUT2D eigenvalue weighted by Crippen LogP contribution is 2.21. The van der Waals surface area contributed by atoms with Crippen LogP contribution in [0.3, 0.4) is 0 Å². The van der Waals surface area contributed by atoms with Crippen molar-refractivity contribution in [2.45, 2.75) is 43.9 Å². The molecule has 3 rings (SSSR count). The van der Waals surface area contributed by atoms with Crippen molar-refractivity contribution < 1.29 is 27.8 Å². The predicted molar refractivity (Wildman–Crippen MR) is 144 cm³/mol. The van der Waals surface area contributed by atoms with E-state index < -0.39 is 28.3 Å². The summed E-state index contributed by atoms with van der Waals surface area (Å²) in [5.74, 6) is 0.540. The Kier molecular flexibility index (Phi) is 10.6. The number of aliphatic hydroxyl groups excluding tert-OH is 1. The van der Waals surface area contributed by atoms with Crippen LogP contribution in [0.5, 0.6) is 5.75 Å². The highest BCUT2D eigenvalue weighted by Gasteiger charge is 2.31. The lowest BCUT2D eigenvalue weighted by molar-refractivity contribution is 0.0873. The molecule has 2 atom stereocenters. The Balaban J connectivity index is 1.79. The Morgan fingerprint density at radius 1 is 0.974 bits per heavy atom. The van der Waals surface area contributed by atoms with E-state index in [0.29, 0.717) is 5.75 Å². The molecule has 0 saturated carbocycles. The summed E-state index contributed by atoms with van der Waals surface area (Å²) >= 11 is 0. The number of ether oxygens (including phenoxy) is 2. The molecular formula is C28H35N3O6S. The average Bonchev–Trinajstić information content (AvgIpc) is 2.92. The van der Waals surface area contributed by atoms with Gasteiger partial charge in [0.05, 0.1) is 24.2 Å². The molecule has 2 N–H and O–H groups in total. The number of hydrogen-bond donors (Lipinski definition) is 2. The topological polar surface area (TPSA) is 118 Å². The van der Waals surface area contributed by atoms with Gasteiger partial charge in [-0.2, -0.15) is 4.31 Å². The van der Waals surface area contributed by atoms with Crippen molar-refractivity contribution in [1.29, 1.82) is 0 Å². The van der Waals surface area contributed by atoms with E-state index in [1.165, 1.54) is 23.5 Å². The van der Waals surface area contributed by atoms with Crippen molar-refractivity contribution in [1.82, 2.24) is 14.6 Å². The lowest BCUT2D eigenvalue weighted by atomic mass is 10.0. The van der Waals surface area contributed by atoms with Crippen molar-refractivity contribution in [2.24, 2.45) is 5.92 Å². The van der Waals surface area contributed by atoms with Crippen molar-refractivity contribution in [2.75, 3.05) is 20.2 Å². The zero-order chi connectivity index (χ0) is 27.5. The zero-order valence-electron chi connectivity index (χ0n) is 21.9. The van der Waals surface area contributed by atoms with Crippen LogP contribution >= 0.6 is 0 Å². The quantitative estimate of drug-likeness (QED) is 0.339. The lowest BCUT2D eigenvalue weighted by Gasteiger charge is -2.30. The number of hydrogen-bond acceptors (Lipinski definition) is 7. The second kappa shape index (κ2) is 13.9. The Bertz CT molecular complexity index is 1240. The van der Waals surface area contributed by atoms with E-state index in [9.17, 15) is 18.3 Å². The molecule has 1 aromatic heterocycles. The fourth-order valence-electron chi connectivity index (χ4n) is 3.88. The van der Waals surface area contributed by atoms with Crippen LogP contribution < -0.4 is 10.1 Å². The van der Waals surface area contributed by atoms with Crippen LogP contribution in [0.15, 0.2) is 84.0 Å². The maximum Gasteiger partial charge on any atom is 0.407 e. The fourth-order valence-corrected chi connectivity index (χ4v) is 5.50. The number of nitrogens with one attached hydrogen (secondary N) is 1. The molecule has 38 heavy (non-hydrogen) atoms. The van der Waals surface area contributed by atoms with Gasteiger partial charge in [0.2, 0.25) is 10.0 Å². The van der Waals surface area contributed by atoms with Crippen LogP contribution in [0.4, 0.5) is 4.79 Å². The number of benzene rings is 2. The number of aliphatic hydroxyl groups is 1. The van der Waals surface area contributed by atoms with E-state index in [4.69, 9.17) is 9.47 Å². The molecule has 0 bridgehead atoms. The molecule has 0 aliphatic heterocycles. The lowest BCUT2D eigenvalue weighted by Crippen LogP contribution is -2.51. The van der Waals surface area contributed by atoms with Crippen LogP contribution in [0.2, 0.25) is 0 Å². The van der Waals surface area contributed by atoms with Crippen molar-refractivity contribution in [3.63, 3.8) is 0 Å². The van der Waals surface area contributed by atoms with Gasteiger partial charge in [-0.05, 0) is 59.9 Å². The van der Waals surface area contributed by atoms with E-state index in [-0.39, 0.29) is 36.9 Å². The van der Waals surface area contributed by atoms with Crippen LogP contribution in [-0.2, 0) is 27.8 Å². The third kappa shape index (κ3) is 8.54. The summed E-state index contributed by atoms with van der Waals surface area (Å²) in [4.78, 5) is 16.7. The van der Waals surface area contributed by atoms with E-state index in [1.807, 2.05) is 44.2 Å². The number of amides is 1.